The van der Waals surface area contributed by atoms with Crippen LogP contribution in [0, 0.1) is 0 Å². The van der Waals surface area contributed by atoms with E-state index < -0.39 is 17.7 Å². The summed E-state index contributed by atoms with van der Waals surface area (Å²) in [6.45, 7) is 0. The summed E-state index contributed by atoms with van der Waals surface area (Å²) in [6.07, 6.45) is 7.74. The van der Waals surface area contributed by atoms with Crippen molar-refractivity contribution in [1.82, 2.24) is 15.0 Å². The van der Waals surface area contributed by atoms with Crippen LogP contribution >= 0.6 is 0 Å². The van der Waals surface area contributed by atoms with Crippen LogP contribution in [0.3, 0.4) is 0 Å². The van der Waals surface area contributed by atoms with Crippen LogP contribution in [-0.2, 0) is 5.60 Å². The maximum atomic E-state index is 12.9. The first-order chi connectivity index (χ1) is 26.0. The quantitative estimate of drug-likeness (QED) is 0.110. The summed E-state index contributed by atoms with van der Waals surface area (Å²) in [5.74, 6) is 0.171. The van der Waals surface area contributed by atoms with E-state index in [0.29, 0.717) is 28.1 Å². The molecule has 3 unspecified atom stereocenters. The molecule has 0 spiro atoms. The number of aromatic nitrogens is 3. The van der Waals surface area contributed by atoms with Crippen LogP contribution in [0.4, 0.5) is 0 Å². The van der Waals surface area contributed by atoms with Gasteiger partial charge in [-0.3, -0.25) is 9.98 Å². The number of aliphatic hydroxyl groups is 1. The minimum atomic E-state index is -1.53. The molecule has 5 heterocycles. The van der Waals surface area contributed by atoms with Gasteiger partial charge in [0.1, 0.15) is 17.7 Å². The Hall–Kier alpha value is -6.90. The molecule has 0 aliphatic carbocycles. The Morgan fingerprint density at radius 3 is 1.81 bits per heavy atom. The molecular weight excluding hydrogens is 659 g/mol. The Balaban J connectivity index is 1.19. The zero-order valence-electron chi connectivity index (χ0n) is 28.5. The predicted molar refractivity (Wildman–Crippen MR) is 210 cm³/mol. The van der Waals surface area contributed by atoms with Gasteiger partial charge in [-0.1, -0.05) is 121 Å². The number of aliphatic imine (C=N–C) groups is 2. The first-order valence-corrected chi connectivity index (χ1v) is 17.5. The molecule has 3 atom stereocenters. The van der Waals surface area contributed by atoms with E-state index in [1.165, 1.54) is 0 Å². The van der Waals surface area contributed by atoms with Crippen LogP contribution in [0.1, 0.15) is 28.1 Å². The molecule has 8 nitrogen and oxygen atoms in total. The number of allylic oxidation sites excluding steroid dienone is 2. The Morgan fingerprint density at radius 2 is 1.13 bits per heavy atom. The topological polar surface area (TPSA) is 133 Å². The molecule has 7 aromatic rings. The first kappa shape index (κ1) is 32.0. The van der Waals surface area contributed by atoms with Crippen molar-refractivity contribution in [2.45, 2.75) is 17.7 Å². The molecule has 258 valence electrons. The summed E-state index contributed by atoms with van der Waals surface area (Å²) in [5, 5.41) is 37.0. The van der Waals surface area contributed by atoms with E-state index in [-0.39, 0.29) is 11.8 Å². The highest BCUT2D eigenvalue weighted by Crippen LogP contribution is 2.39. The molecule has 6 N–H and O–H groups in total. The van der Waals surface area contributed by atoms with Crippen LogP contribution < -0.4 is 10.7 Å². The van der Waals surface area contributed by atoms with Crippen molar-refractivity contribution in [2.75, 3.05) is 0 Å². The molecule has 4 aromatic carbocycles. The highest BCUT2D eigenvalue weighted by molar-refractivity contribution is 6.29. The molecule has 0 amide bonds. The van der Waals surface area contributed by atoms with Crippen LogP contribution in [0.25, 0.3) is 21.9 Å². The fourth-order valence-corrected chi connectivity index (χ4v) is 7.53. The van der Waals surface area contributed by atoms with E-state index in [0.717, 1.165) is 44.1 Å². The second kappa shape index (κ2) is 13.0. The van der Waals surface area contributed by atoms with E-state index in [4.69, 9.17) is 9.98 Å². The third-order valence-corrected chi connectivity index (χ3v) is 10.1. The average molecular weight is 694 g/mol. The molecule has 0 saturated heterocycles. The maximum absolute atomic E-state index is 12.9. The SMILES string of the molecule is Oc1ccc(/C(c2ccccc2)=c2\cc/c(=C(\C3=NC(C(O)(c4ccccc4)C4C=CC(c5[nH]c(O)c6ccccc56)=N4)C=C3)c3ccccc3)[nH]2)[nH]1. The first-order valence-electron chi connectivity index (χ1n) is 17.5. The van der Waals surface area contributed by atoms with Gasteiger partial charge in [0.25, 0.3) is 0 Å². The number of aromatic amines is 3. The summed E-state index contributed by atoms with van der Waals surface area (Å²) in [6, 6.07) is 43.6. The highest BCUT2D eigenvalue weighted by atomic mass is 16.3. The van der Waals surface area contributed by atoms with Gasteiger partial charge in [-0.15, -0.1) is 0 Å². The van der Waals surface area contributed by atoms with Gasteiger partial charge in [0.05, 0.1) is 22.8 Å². The van der Waals surface area contributed by atoms with Gasteiger partial charge in [0.15, 0.2) is 11.8 Å². The van der Waals surface area contributed by atoms with E-state index in [1.54, 1.807) is 6.07 Å². The van der Waals surface area contributed by atoms with E-state index in [1.807, 2.05) is 146 Å². The van der Waals surface area contributed by atoms with Gasteiger partial charge in [-0.25, -0.2) is 0 Å². The number of hydrogen-bond acceptors (Lipinski definition) is 5. The summed E-state index contributed by atoms with van der Waals surface area (Å²) < 4.78 is 0. The van der Waals surface area contributed by atoms with Crippen LogP contribution in [0.15, 0.2) is 174 Å². The molecule has 3 aromatic heterocycles. The standard InChI is InChI=1S/C45H35N5O3/c51-40-27-24-36(49-40)42(29-14-6-2-7-15-29)34-21-20-33(46-34)41(28-12-4-1-5-13-28)35-22-25-38(47-35)45(53,30-16-8-3-9-17-30)39-26-23-37(48-39)43-31-18-10-11-19-32(31)44(52)50-43/h1-27,38-39,46,49-53H/b41-33+,42-34+. The lowest BCUT2D eigenvalue weighted by molar-refractivity contribution is 0.0141. The Labute approximate surface area is 304 Å². The van der Waals surface area contributed by atoms with E-state index >= 15 is 0 Å². The summed E-state index contributed by atoms with van der Waals surface area (Å²) in [7, 11) is 0. The van der Waals surface area contributed by atoms with Crippen LogP contribution in [-0.4, -0.2) is 53.8 Å². The molecule has 9 rings (SSSR count). The van der Waals surface area contributed by atoms with E-state index in [9.17, 15) is 15.3 Å². The fraction of sp³-hybridized carbons (Fsp3) is 0.0667. The van der Waals surface area contributed by atoms with Crippen molar-refractivity contribution in [1.29, 1.82) is 0 Å². The average Bonchev–Trinajstić information content (AvgIpc) is 4.06. The largest absolute Gasteiger partial charge is 0.495 e. The number of benzene rings is 4. The van der Waals surface area contributed by atoms with Crippen molar-refractivity contribution in [3.05, 3.63) is 203 Å². The van der Waals surface area contributed by atoms with Gasteiger partial charge >= 0.3 is 0 Å². The minimum absolute atomic E-state index is 0.0809. The summed E-state index contributed by atoms with van der Waals surface area (Å²) >= 11 is 0. The molecule has 2 aliphatic rings. The number of fused-ring (bicyclic) bond motifs is 1. The Bertz CT molecular complexity index is 2720. The Morgan fingerprint density at radius 1 is 0.547 bits per heavy atom. The maximum Gasteiger partial charge on any atom is 0.196 e. The minimum Gasteiger partial charge on any atom is -0.495 e. The van der Waals surface area contributed by atoms with Crippen LogP contribution in [0.5, 0.6) is 11.8 Å². The normalized spacial score (nSPS) is 18.9. The molecule has 8 heteroatoms. The number of nitrogens with one attached hydrogen (secondary N) is 3. The van der Waals surface area contributed by atoms with Crippen LogP contribution in [0.2, 0.25) is 0 Å². The van der Waals surface area contributed by atoms with Crippen molar-refractivity contribution in [3.63, 3.8) is 0 Å². The molecule has 0 bridgehead atoms. The van der Waals surface area contributed by atoms with Gasteiger partial charge in [-0.05, 0) is 53.1 Å². The van der Waals surface area contributed by atoms with Crippen molar-refractivity contribution < 1.29 is 15.3 Å². The zero-order valence-corrected chi connectivity index (χ0v) is 28.5. The van der Waals surface area contributed by atoms with E-state index in [2.05, 4.69) is 27.1 Å². The zero-order chi connectivity index (χ0) is 35.9. The number of rotatable bonds is 8. The summed E-state index contributed by atoms with van der Waals surface area (Å²) in [5.41, 5.74) is 5.74. The number of nitrogens with zero attached hydrogens (tertiary/aromatic N) is 2. The van der Waals surface area contributed by atoms with Crippen molar-refractivity contribution in [2.24, 2.45) is 9.98 Å². The van der Waals surface area contributed by atoms with Gasteiger partial charge in [0, 0.05) is 38.7 Å². The van der Waals surface area contributed by atoms with Gasteiger partial charge in [0.2, 0.25) is 0 Å². The fourth-order valence-electron chi connectivity index (χ4n) is 7.53. The van der Waals surface area contributed by atoms with Crippen molar-refractivity contribution in [3.8, 4) is 11.8 Å². The molecule has 53 heavy (non-hydrogen) atoms. The predicted octanol–water partition coefficient (Wildman–Crippen LogP) is 6.38. The molecule has 0 fully saturated rings. The summed E-state index contributed by atoms with van der Waals surface area (Å²) in [4.78, 5) is 20.2. The highest BCUT2D eigenvalue weighted by Gasteiger charge is 2.46. The Kier molecular flexibility index (Phi) is 7.87. The molecule has 0 radical (unpaired) electrons. The molecule has 0 saturated carbocycles. The number of H-pyrrole nitrogens is 3. The van der Waals surface area contributed by atoms with Crippen molar-refractivity contribution >= 4 is 33.3 Å². The monoisotopic (exact) mass is 693 g/mol. The van der Waals surface area contributed by atoms with Gasteiger partial charge in [-0.2, -0.15) is 0 Å². The molecule has 2 aliphatic heterocycles. The van der Waals surface area contributed by atoms with Gasteiger partial charge < -0.3 is 30.3 Å². The third kappa shape index (κ3) is 5.62. The number of hydrogen-bond donors (Lipinski definition) is 6. The lowest BCUT2D eigenvalue weighted by atomic mass is 9.80. The lowest BCUT2D eigenvalue weighted by Crippen LogP contribution is -2.45. The number of aromatic hydroxyl groups is 2. The lowest BCUT2D eigenvalue weighted by Gasteiger charge is -2.35. The second-order valence-electron chi connectivity index (χ2n) is 13.2. The third-order valence-electron chi connectivity index (χ3n) is 10.1. The second-order valence-corrected chi connectivity index (χ2v) is 13.2. The smallest absolute Gasteiger partial charge is 0.196 e. The molecular formula is C45H35N5O3.